The van der Waals surface area contributed by atoms with Gasteiger partial charge in [0.05, 0.1) is 17.4 Å². The van der Waals surface area contributed by atoms with Gasteiger partial charge in [0.2, 0.25) is 0 Å². The van der Waals surface area contributed by atoms with Crippen molar-refractivity contribution in [1.29, 1.82) is 0 Å². The van der Waals surface area contributed by atoms with Crippen molar-refractivity contribution in [3.8, 4) is 5.69 Å². The smallest absolute Gasteiger partial charge is 0.103 e. The lowest BCUT2D eigenvalue weighted by Crippen LogP contribution is -2.21. The molecule has 1 N–H and O–H groups in total. The second kappa shape index (κ2) is 6.99. The molecule has 0 radical (unpaired) electrons. The van der Waals surface area contributed by atoms with Gasteiger partial charge in [0.15, 0.2) is 0 Å². The number of para-hydroxylation sites is 1. The van der Waals surface area contributed by atoms with Gasteiger partial charge < -0.3 is 5.32 Å². The maximum Gasteiger partial charge on any atom is 0.103 e. The third-order valence-corrected chi connectivity index (χ3v) is 4.07. The second-order valence-corrected chi connectivity index (χ2v) is 5.51. The number of nitrogens with zero attached hydrogens (tertiary/aromatic N) is 3. The first kappa shape index (κ1) is 15.2. The molecule has 0 amide bonds. The molecule has 5 heteroatoms. The van der Waals surface area contributed by atoms with Gasteiger partial charge in [-0.3, -0.25) is 0 Å². The maximum absolute atomic E-state index is 4.42. The highest BCUT2D eigenvalue weighted by molar-refractivity contribution is 9.10. The van der Waals surface area contributed by atoms with Crippen LogP contribution in [0, 0.1) is 0 Å². The lowest BCUT2D eigenvalue weighted by Gasteiger charge is -2.15. The standard InChI is InChI=1S/C15H21BrN4/c1-4-12(17-6-3)15-13(5-2)20(19-18-15)14-10-8-7-9-11(14)16/h7-10,12,17H,4-6H2,1-3H3. The summed E-state index contributed by atoms with van der Waals surface area (Å²) in [7, 11) is 0. The highest BCUT2D eigenvalue weighted by Crippen LogP contribution is 2.25. The zero-order valence-electron chi connectivity index (χ0n) is 12.2. The quantitative estimate of drug-likeness (QED) is 0.875. The summed E-state index contributed by atoms with van der Waals surface area (Å²) in [5, 5.41) is 12.3. The molecular formula is C15H21BrN4. The molecule has 1 atom stereocenters. The molecule has 1 unspecified atom stereocenters. The number of nitrogens with one attached hydrogen (secondary N) is 1. The summed E-state index contributed by atoms with van der Waals surface area (Å²) in [6, 6.07) is 8.37. The molecule has 0 aliphatic rings. The van der Waals surface area contributed by atoms with Crippen LogP contribution in [0.2, 0.25) is 0 Å². The van der Waals surface area contributed by atoms with Crippen LogP contribution < -0.4 is 5.32 Å². The zero-order chi connectivity index (χ0) is 14.5. The molecule has 0 aliphatic heterocycles. The van der Waals surface area contributed by atoms with Crippen LogP contribution in [0.25, 0.3) is 5.69 Å². The molecule has 108 valence electrons. The molecule has 1 heterocycles. The van der Waals surface area contributed by atoms with E-state index in [-0.39, 0.29) is 6.04 Å². The Balaban J connectivity index is 2.47. The van der Waals surface area contributed by atoms with E-state index in [1.807, 2.05) is 22.9 Å². The fourth-order valence-corrected chi connectivity index (χ4v) is 2.87. The van der Waals surface area contributed by atoms with E-state index in [2.05, 4.69) is 58.4 Å². The van der Waals surface area contributed by atoms with Crippen molar-refractivity contribution >= 4 is 15.9 Å². The molecule has 0 saturated heterocycles. The van der Waals surface area contributed by atoms with Crippen molar-refractivity contribution in [2.24, 2.45) is 0 Å². The van der Waals surface area contributed by atoms with Crippen LogP contribution in [-0.4, -0.2) is 21.5 Å². The zero-order valence-corrected chi connectivity index (χ0v) is 13.8. The minimum atomic E-state index is 0.270. The van der Waals surface area contributed by atoms with Crippen molar-refractivity contribution in [3.63, 3.8) is 0 Å². The second-order valence-electron chi connectivity index (χ2n) is 4.66. The Morgan fingerprint density at radius 3 is 2.60 bits per heavy atom. The van der Waals surface area contributed by atoms with Crippen LogP contribution in [0.3, 0.4) is 0 Å². The van der Waals surface area contributed by atoms with Gasteiger partial charge in [0.1, 0.15) is 5.69 Å². The van der Waals surface area contributed by atoms with Gasteiger partial charge >= 0.3 is 0 Å². The summed E-state index contributed by atoms with van der Waals surface area (Å²) in [5.74, 6) is 0. The molecule has 0 saturated carbocycles. The van der Waals surface area contributed by atoms with Gasteiger partial charge in [-0.1, -0.05) is 38.1 Å². The van der Waals surface area contributed by atoms with Gasteiger partial charge in [0.25, 0.3) is 0 Å². The topological polar surface area (TPSA) is 42.7 Å². The van der Waals surface area contributed by atoms with E-state index in [4.69, 9.17) is 0 Å². The van der Waals surface area contributed by atoms with E-state index >= 15 is 0 Å². The molecule has 0 aliphatic carbocycles. The Morgan fingerprint density at radius 2 is 2.00 bits per heavy atom. The third kappa shape index (κ3) is 2.94. The molecular weight excluding hydrogens is 316 g/mol. The normalized spacial score (nSPS) is 12.6. The first-order valence-corrected chi connectivity index (χ1v) is 7.94. The summed E-state index contributed by atoms with van der Waals surface area (Å²) in [6.07, 6.45) is 1.92. The fraction of sp³-hybridized carbons (Fsp3) is 0.467. The van der Waals surface area contributed by atoms with E-state index < -0.39 is 0 Å². The first-order chi connectivity index (χ1) is 9.72. The number of hydrogen-bond acceptors (Lipinski definition) is 3. The summed E-state index contributed by atoms with van der Waals surface area (Å²) < 4.78 is 2.97. The van der Waals surface area contributed by atoms with E-state index in [9.17, 15) is 0 Å². The number of hydrogen-bond donors (Lipinski definition) is 1. The van der Waals surface area contributed by atoms with Crippen molar-refractivity contribution in [2.75, 3.05) is 6.54 Å². The van der Waals surface area contributed by atoms with Crippen molar-refractivity contribution in [3.05, 3.63) is 40.1 Å². The molecule has 4 nitrogen and oxygen atoms in total. The highest BCUT2D eigenvalue weighted by Gasteiger charge is 2.20. The van der Waals surface area contributed by atoms with Crippen LogP contribution in [0.1, 0.15) is 44.6 Å². The van der Waals surface area contributed by atoms with Gasteiger partial charge in [-0.25, -0.2) is 4.68 Å². The minimum absolute atomic E-state index is 0.270. The Morgan fingerprint density at radius 1 is 1.25 bits per heavy atom. The predicted molar refractivity (Wildman–Crippen MR) is 85.1 cm³/mol. The monoisotopic (exact) mass is 336 g/mol. The molecule has 0 spiro atoms. The minimum Gasteiger partial charge on any atom is -0.309 e. The van der Waals surface area contributed by atoms with Crippen LogP contribution in [-0.2, 0) is 6.42 Å². The molecule has 2 rings (SSSR count). The van der Waals surface area contributed by atoms with Crippen molar-refractivity contribution in [1.82, 2.24) is 20.3 Å². The lowest BCUT2D eigenvalue weighted by atomic mass is 10.1. The Kier molecular flexibility index (Phi) is 5.31. The van der Waals surface area contributed by atoms with Gasteiger partial charge in [-0.15, -0.1) is 5.10 Å². The molecule has 20 heavy (non-hydrogen) atoms. The van der Waals surface area contributed by atoms with E-state index in [0.717, 1.165) is 35.2 Å². The summed E-state index contributed by atoms with van der Waals surface area (Å²) in [4.78, 5) is 0. The van der Waals surface area contributed by atoms with E-state index in [0.29, 0.717) is 0 Å². The summed E-state index contributed by atoms with van der Waals surface area (Å²) >= 11 is 3.59. The van der Waals surface area contributed by atoms with Gasteiger partial charge in [-0.2, -0.15) is 0 Å². The van der Waals surface area contributed by atoms with Gasteiger partial charge in [-0.05, 0) is 47.4 Å². The number of benzene rings is 1. The molecule has 1 aromatic heterocycles. The molecule has 0 fully saturated rings. The lowest BCUT2D eigenvalue weighted by molar-refractivity contribution is 0.520. The number of halogens is 1. The SMILES string of the molecule is CCNC(CC)c1nnn(-c2ccccc2Br)c1CC. The van der Waals surface area contributed by atoms with Crippen molar-refractivity contribution in [2.45, 2.75) is 39.7 Å². The Hall–Kier alpha value is -1.20. The Labute approximate surface area is 128 Å². The average Bonchev–Trinajstić information content (AvgIpc) is 2.88. The molecule has 0 bridgehead atoms. The van der Waals surface area contributed by atoms with Crippen molar-refractivity contribution < 1.29 is 0 Å². The molecule has 1 aromatic carbocycles. The molecule has 2 aromatic rings. The summed E-state index contributed by atoms with van der Waals surface area (Å²) in [6.45, 7) is 7.37. The van der Waals surface area contributed by atoms with E-state index in [1.165, 1.54) is 5.69 Å². The predicted octanol–water partition coefficient (Wildman–Crippen LogP) is 3.65. The number of aromatic nitrogens is 3. The van der Waals surface area contributed by atoms with Crippen LogP contribution in [0.5, 0.6) is 0 Å². The van der Waals surface area contributed by atoms with Crippen LogP contribution >= 0.6 is 15.9 Å². The third-order valence-electron chi connectivity index (χ3n) is 3.40. The summed E-state index contributed by atoms with van der Waals surface area (Å²) in [5.41, 5.74) is 3.27. The first-order valence-electron chi connectivity index (χ1n) is 7.15. The number of rotatable bonds is 6. The van der Waals surface area contributed by atoms with Crippen LogP contribution in [0.15, 0.2) is 28.7 Å². The van der Waals surface area contributed by atoms with Gasteiger partial charge in [0, 0.05) is 4.47 Å². The largest absolute Gasteiger partial charge is 0.309 e. The maximum atomic E-state index is 4.42. The van der Waals surface area contributed by atoms with E-state index in [1.54, 1.807) is 0 Å². The van der Waals surface area contributed by atoms with Crippen LogP contribution in [0.4, 0.5) is 0 Å². The highest BCUT2D eigenvalue weighted by atomic mass is 79.9. The fourth-order valence-electron chi connectivity index (χ4n) is 2.41. The Bertz CT molecular complexity index is 565. The average molecular weight is 337 g/mol.